The zero-order valence-electron chi connectivity index (χ0n) is 12.5. The Kier molecular flexibility index (Phi) is 4.05. The SMILES string of the molecule is O=C(OCc1ccccc1)N1C[C@@H]2CCCC[C@]2(C(=O)O)C1. The van der Waals surface area contributed by atoms with Crippen LogP contribution in [-0.4, -0.2) is 35.2 Å². The van der Waals surface area contributed by atoms with Crippen LogP contribution in [0.3, 0.4) is 0 Å². The molecule has 1 amide bonds. The number of rotatable bonds is 3. The van der Waals surface area contributed by atoms with E-state index in [1.165, 1.54) is 0 Å². The number of hydrogen-bond donors (Lipinski definition) is 1. The summed E-state index contributed by atoms with van der Waals surface area (Å²) < 4.78 is 5.34. The maximum absolute atomic E-state index is 12.2. The fraction of sp³-hybridized carbons (Fsp3) is 0.529. The van der Waals surface area contributed by atoms with Gasteiger partial charge in [0.15, 0.2) is 0 Å². The lowest BCUT2D eigenvalue weighted by molar-refractivity contribution is -0.152. The highest BCUT2D eigenvalue weighted by atomic mass is 16.6. The molecule has 0 spiro atoms. The third kappa shape index (κ3) is 2.67. The second-order valence-corrected chi connectivity index (χ2v) is 6.32. The highest BCUT2D eigenvalue weighted by molar-refractivity contribution is 5.78. The Hall–Kier alpha value is -2.04. The summed E-state index contributed by atoms with van der Waals surface area (Å²) in [7, 11) is 0. The van der Waals surface area contributed by atoms with Crippen molar-refractivity contribution in [3.63, 3.8) is 0 Å². The summed E-state index contributed by atoms with van der Waals surface area (Å²) in [6.07, 6.45) is 3.12. The van der Waals surface area contributed by atoms with E-state index in [1.54, 1.807) is 4.90 Å². The monoisotopic (exact) mass is 303 g/mol. The molecule has 3 rings (SSSR count). The summed E-state index contributed by atoms with van der Waals surface area (Å²) in [6.45, 7) is 1.00. The van der Waals surface area contributed by atoms with Crippen LogP contribution >= 0.6 is 0 Å². The summed E-state index contributed by atoms with van der Waals surface area (Å²) in [4.78, 5) is 25.5. The van der Waals surface area contributed by atoms with Gasteiger partial charge in [-0.25, -0.2) is 4.79 Å². The van der Waals surface area contributed by atoms with Gasteiger partial charge in [0, 0.05) is 13.1 Å². The predicted octanol–water partition coefficient (Wildman–Crippen LogP) is 2.90. The highest BCUT2D eigenvalue weighted by Crippen LogP contribution is 2.47. The molecule has 5 nitrogen and oxygen atoms in total. The van der Waals surface area contributed by atoms with Crippen molar-refractivity contribution in [1.29, 1.82) is 0 Å². The van der Waals surface area contributed by atoms with Gasteiger partial charge in [0.05, 0.1) is 5.41 Å². The first-order valence-electron chi connectivity index (χ1n) is 7.81. The van der Waals surface area contributed by atoms with Gasteiger partial charge in [-0.2, -0.15) is 0 Å². The molecule has 1 saturated carbocycles. The van der Waals surface area contributed by atoms with Crippen LogP contribution in [0, 0.1) is 11.3 Å². The Bertz CT molecular complexity index is 559. The van der Waals surface area contributed by atoms with Gasteiger partial charge in [-0.3, -0.25) is 4.79 Å². The summed E-state index contributed by atoms with van der Waals surface area (Å²) in [6, 6.07) is 9.50. The van der Waals surface area contributed by atoms with Crippen LogP contribution in [-0.2, 0) is 16.1 Å². The van der Waals surface area contributed by atoms with Gasteiger partial charge in [0.25, 0.3) is 0 Å². The molecular formula is C17H21NO4. The number of carboxylic acids is 1. The van der Waals surface area contributed by atoms with E-state index in [-0.39, 0.29) is 19.1 Å². The van der Waals surface area contributed by atoms with Gasteiger partial charge >= 0.3 is 12.1 Å². The Morgan fingerprint density at radius 2 is 2.05 bits per heavy atom. The van der Waals surface area contributed by atoms with Crippen molar-refractivity contribution in [2.45, 2.75) is 32.3 Å². The topological polar surface area (TPSA) is 66.8 Å². The molecule has 1 heterocycles. The predicted molar refractivity (Wildman–Crippen MR) is 80.2 cm³/mol. The number of carbonyl (C=O) groups excluding carboxylic acids is 1. The van der Waals surface area contributed by atoms with Crippen LogP contribution in [0.25, 0.3) is 0 Å². The zero-order valence-corrected chi connectivity index (χ0v) is 12.5. The van der Waals surface area contributed by atoms with Crippen molar-refractivity contribution in [2.75, 3.05) is 13.1 Å². The van der Waals surface area contributed by atoms with Gasteiger partial charge in [-0.1, -0.05) is 43.2 Å². The number of likely N-dealkylation sites (tertiary alicyclic amines) is 1. The summed E-state index contributed by atoms with van der Waals surface area (Å²) in [5, 5.41) is 9.63. The third-order valence-electron chi connectivity index (χ3n) is 5.01. The largest absolute Gasteiger partial charge is 0.481 e. The van der Waals surface area contributed by atoms with Gasteiger partial charge in [-0.15, -0.1) is 0 Å². The van der Waals surface area contributed by atoms with Crippen LogP contribution in [0.1, 0.15) is 31.2 Å². The Morgan fingerprint density at radius 3 is 2.73 bits per heavy atom. The first-order valence-corrected chi connectivity index (χ1v) is 7.81. The van der Waals surface area contributed by atoms with Crippen molar-refractivity contribution >= 4 is 12.1 Å². The van der Waals surface area contributed by atoms with E-state index >= 15 is 0 Å². The number of carboxylic acid groups (broad SMARTS) is 1. The van der Waals surface area contributed by atoms with E-state index in [1.807, 2.05) is 30.3 Å². The van der Waals surface area contributed by atoms with Gasteiger partial charge in [0.1, 0.15) is 6.61 Å². The molecule has 1 aromatic rings. The second kappa shape index (κ2) is 5.99. The van der Waals surface area contributed by atoms with Crippen LogP contribution < -0.4 is 0 Å². The van der Waals surface area contributed by atoms with Crippen molar-refractivity contribution in [3.8, 4) is 0 Å². The molecule has 22 heavy (non-hydrogen) atoms. The van der Waals surface area contributed by atoms with E-state index in [0.717, 1.165) is 24.8 Å². The van der Waals surface area contributed by atoms with Gasteiger partial charge in [-0.05, 0) is 24.3 Å². The molecule has 0 radical (unpaired) electrons. The standard InChI is InChI=1S/C17H21NO4/c19-15(20)17-9-5-4-8-14(17)10-18(12-17)16(21)22-11-13-6-2-1-3-7-13/h1-3,6-7,14H,4-5,8-12H2,(H,19,20)/t14-,17-/m0/s1. The number of benzene rings is 1. The average Bonchev–Trinajstić information content (AvgIpc) is 2.95. The highest BCUT2D eigenvalue weighted by Gasteiger charge is 2.54. The molecule has 5 heteroatoms. The molecule has 0 bridgehead atoms. The molecule has 2 atom stereocenters. The summed E-state index contributed by atoms with van der Waals surface area (Å²) >= 11 is 0. The van der Waals surface area contributed by atoms with Crippen LogP contribution in [0.15, 0.2) is 30.3 Å². The van der Waals surface area contributed by atoms with E-state index in [4.69, 9.17) is 4.74 Å². The number of hydrogen-bond acceptors (Lipinski definition) is 3. The van der Waals surface area contributed by atoms with Crippen molar-refractivity contribution in [1.82, 2.24) is 4.90 Å². The maximum atomic E-state index is 12.2. The second-order valence-electron chi connectivity index (χ2n) is 6.32. The fourth-order valence-electron chi connectivity index (χ4n) is 3.76. The normalized spacial score (nSPS) is 27.3. The molecule has 0 unspecified atom stereocenters. The Morgan fingerprint density at radius 1 is 1.27 bits per heavy atom. The molecule has 1 aliphatic carbocycles. The molecule has 1 N–H and O–H groups in total. The first kappa shape index (κ1) is 14.9. The number of aliphatic carboxylic acids is 1. The minimum atomic E-state index is -0.768. The van der Waals surface area contributed by atoms with Gasteiger partial charge < -0.3 is 14.7 Å². The Labute approximate surface area is 129 Å². The lowest BCUT2D eigenvalue weighted by Crippen LogP contribution is -2.41. The van der Waals surface area contributed by atoms with Crippen molar-refractivity contribution in [3.05, 3.63) is 35.9 Å². The van der Waals surface area contributed by atoms with E-state index in [0.29, 0.717) is 13.0 Å². The number of ether oxygens (including phenoxy) is 1. The molecule has 0 aromatic heterocycles. The first-order chi connectivity index (χ1) is 10.6. The lowest BCUT2D eigenvalue weighted by Gasteiger charge is -2.33. The molecule has 2 fully saturated rings. The average molecular weight is 303 g/mol. The maximum Gasteiger partial charge on any atom is 0.410 e. The van der Waals surface area contributed by atoms with Crippen LogP contribution in [0.5, 0.6) is 0 Å². The van der Waals surface area contributed by atoms with Gasteiger partial charge in [0.2, 0.25) is 0 Å². The number of amides is 1. The molecule has 1 aliphatic heterocycles. The van der Waals surface area contributed by atoms with E-state index in [9.17, 15) is 14.7 Å². The van der Waals surface area contributed by atoms with E-state index < -0.39 is 17.5 Å². The Balaban J connectivity index is 1.63. The third-order valence-corrected chi connectivity index (χ3v) is 5.01. The smallest absolute Gasteiger partial charge is 0.410 e. The molecule has 1 saturated heterocycles. The number of nitrogens with zero attached hydrogens (tertiary/aromatic N) is 1. The summed E-state index contributed by atoms with van der Waals surface area (Å²) in [5.74, 6) is -0.710. The lowest BCUT2D eigenvalue weighted by atomic mass is 9.68. The van der Waals surface area contributed by atoms with Crippen molar-refractivity contribution in [2.24, 2.45) is 11.3 Å². The summed E-state index contributed by atoms with van der Waals surface area (Å²) in [5.41, 5.74) is 0.171. The molecule has 2 aliphatic rings. The quantitative estimate of drug-likeness (QED) is 0.932. The molecule has 118 valence electrons. The van der Waals surface area contributed by atoms with Crippen LogP contribution in [0.2, 0.25) is 0 Å². The number of carbonyl (C=O) groups is 2. The minimum Gasteiger partial charge on any atom is -0.481 e. The number of fused-ring (bicyclic) bond motifs is 1. The zero-order chi connectivity index (χ0) is 15.6. The van der Waals surface area contributed by atoms with Crippen molar-refractivity contribution < 1.29 is 19.4 Å². The molecular weight excluding hydrogens is 282 g/mol. The fourth-order valence-corrected chi connectivity index (χ4v) is 3.76. The minimum absolute atomic E-state index is 0.0584. The molecule has 1 aromatic carbocycles. The van der Waals surface area contributed by atoms with E-state index in [2.05, 4.69) is 0 Å². The van der Waals surface area contributed by atoms with Crippen LogP contribution in [0.4, 0.5) is 4.79 Å².